The molecule has 1 aliphatic heterocycles. The van der Waals surface area contributed by atoms with Gasteiger partial charge in [-0.15, -0.1) is 0 Å². The van der Waals surface area contributed by atoms with E-state index in [1.807, 2.05) is 36.1 Å². The van der Waals surface area contributed by atoms with E-state index >= 15 is 0 Å². The molecule has 8 nitrogen and oxygen atoms in total. The van der Waals surface area contributed by atoms with Crippen molar-refractivity contribution in [2.75, 3.05) is 58.6 Å². The fourth-order valence-electron chi connectivity index (χ4n) is 5.61. The number of carbonyl (C=O) groups excluding carboxylic acids is 1. The van der Waals surface area contributed by atoms with Gasteiger partial charge in [0.15, 0.2) is 0 Å². The van der Waals surface area contributed by atoms with Crippen LogP contribution in [-0.2, 0) is 32.2 Å². The Labute approximate surface area is 262 Å². The Kier molecular flexibility index (Phi) is 13.5. The summed E-state index contributed by atoms with van der Waals surface area (Å²) in [4.78, 5) is 14.3. The minimum atomic E-state index is 0.0312. The van der Waals surface area contributed by atoms with Crippen molar-refractivity contribution in [2.24, 2.45) is 0 Å². The molecule has 0 aliphatic carbocycles. The zero-order valence-electron chi connectivity index (χ0n) is 26.7. The monoisotopic (exact) mass is 604 g/mol. The molecule has 1 fully saturated rings. The van der Waals surface area contributed by atoms with E-state index in [9.17, 15) is 4.79 Å². The standard InChI is InChI=1S/C36H48N2O6/c1-27-11-12-29(23-34(27)38(28(2)39)19-7-20-40-3)25-44-36-24-37-18-17-33(36)30-13-15-32(16-14-30)43-22-8-21-42-26-31-9-5-6-10-35(31)41-4/h5-6,9-16,23,33,36-37H,7-8,17-22,24-26H2,1-4H3. The Morgan fingerprint density at radius 3 is 2.55 bits per heavy atom. The Bertz CT molecular complexity index is 1300. The SMILES string of the molecule is COCCCN(C(C)=O)c1cc(COC2CNCCC2c2ccc(OCCCOCc3ccccc3OC)cc2)ccc1C. The number of hydrogen-bond donors (Lipinski definition) is 1. The van der Waals surface area contributed by atoms with Crippen LogP contribution in [0.4, 0.5) is 5.69 Å². The summed E-state index contributed by atoms with van der Waals surface area (Å²) >= 11 is 0. The van der Waals surface area contributed by atoms with Crippen molar-refractivity contribution < 1.29 is 28.5 Å². The molecule has 3 aromatic carbocycles. The average Bonchev–Trinajstić information content (AvgIpc) is 3.05. The van der Waals surface area contributed by atoms with Gasteiger partial charge in [-0.2, -0.15) is 0 Å². The summed E-state index contributed by atoms with van der Waals surface area (Å²) in [7, 11) is 3.36. The molecule has 0 saturated carbocycles. The summed E-state index contributed by atoms with van der Waals surface area (Å²) in [6.07, 6.45) is 2.64. The molecule has 3 aromatic rings. The van der Waals surface area contributed by atoms with Crippen molar-refractivity contribution >= 4 is 11.6 Å². The van der Waals surface area contributed by atoms with Gasteiger partial charge in [0.2, 0.25) is 5.91 Å². The highest BCUT2D eigenvalue weighted by Crippen LogP contribution is 2.30. The molecule has 238 valence electrons. The lowest BCUT2D eigenvalue weighted by molar-refractivity contribution is -0.116. The smallest absolute Gasteiger partial charge is 0.223 e. The van der Waals surface area contributed by atoms with Crippen molar-refractivity contribution in [2.45, 2.75) is 58.3 Å². The molecule has 1 N–H and O–H groups in total. The van der Waals surface area contributed by atoms with Crippen LogP contribution in [-0.4, -0.2) is 65.7 Å². The highest BCUT2D eigenvalue weighted by molar-refractivity contribution is 5.92. The third-order valence-corrected chi connectivity index (χ3v) is 8.03. The second-order valence-electron chi connectivity index (χ2n) is 11.2. The normalized spacial score (nSPS) is 16.5. The maximum Gasteiger partial charge on any atom is 0.223 e. The van der Waals surface area contributed by atoms with Crippen LogP contribution in [0.2, 0.25) is 0 Å². The second-order valence-corrected chi connectivity index (χ2v) is 11.2. The van der Waals surface area contributed by atoms with E-state index in [0.717, 1.165) is 66.2 Å². The van der Waals surface area contributed by atoms with E-state index < -0.39 is 0 Å². The number of hydrogen-bond acceptors (Lipinski definition) is 7. The lowest BCUT2D eigenvalue weighted by Gasteiger charge is -2.33. The fourth-order valence-corrected chi connectivity index (χ4v) is 5.61. The number of amides is 1. The van der Waals surface area contributed by atoms with Crippen LogP contribution in [0.3, 0.4) is 0 Å². The number of piperidine rings is 1. The predicted molar refractivity (Wildman–Crippen MR) is 174 cm³/mol. The highest BCUT2D eigenvalue weighted by atomic mass is 16.5. The van der Waals surface area contributed by atoms with Crippen molar-refractivity contribution in [1.82, 2.24) is 5.32 Å². The van der Waals surface area contributed by atoms with Gasteiger partial charge in [-0.3, -0.25) is 4.79 Å². The molecular formula is C36H48N2O6. The lowest BCUT2D eigenvalue weighted by atomic mass is 9.87. The Balaban J connectivity index is 1.26. The summed E-state index contributed by atoms with van der Waals surface area (Å²) in [5.41, 5.74) is 5.37. The number of methoxy groups -OCH3 is 2. The minimum Gasteiger partial charge on any atom is -0.496 e. The number of rotatable bonds is 17. The van der Waals surface area contributed by atoms with Gasteiger partial charge < -0.3 is 33.9 Å². The predicted octanol–water partition coefficient (Wildman–Crippen LogP) is 6.04. The maximum atomic E-state index is 12.4. The quantitative estimate of drug-likeness (QED) is 0.188. The van der Waals surface area contributed by atoms with E-state index in [2.05, 4.69) is 47.8 Å². The molecule has 0 radical (unpaired) electrons. The minimum absolute atomic E-state index is 0.0312. The van der Waals surface area contributed by atoms with Gasteiger partial charge in [-0.25, -0.2) is 0 Å². The number of carbonyl (C=O) groups is 1. The van der Waals surface area contributed by atoms with Crippen LogP contribution in [0.5, 0.6) is 11.5 Å². The largest absolute Gasteiger partial charge is 0.496 e. The van der Waals surface area contributed by atoms with Crippen LogP contribution in [0, 0.1) is 6.92 Å². The first-order valence-corrected chi connectivity index (χ1v) is 15.6. The number of aryl methyl sites for hydroxylation is 1. The van der Waals surface area contributed by atoms with E-state index in [1.165, 1.54) is 5.56 Å². The number of ether oxygens (including phenoxy) is 5. The number of para-hydroxylation sites is 1. The summed E-state index contributed by atoms with van der Waals surface area (Å²) in [5, 5.41) is 3.49. The molecule has 2 unspecified atom stereocenters. The Morgan fingerprint density at radius 1 is 0.955 bits per heavy atom. The molecule has 1 heterocycles. The van der Waals surface area contributed by atoms with Crippen LogP contribution in [0.15, 0.2) is 66.7 Å². The van der Waals surface area contributed by atoms with Crippen LogP contribution < -0.4 is 19.7 Å². The molecular weight excluding hydrogens is 556 g/mol. The number of anilines is 1. The van der Waals surface area contributed by atoms with E-state index in [1.54, 1.807) is 21.1 Å². The topological polar surface area (TPSA) is 78.5 Å². The first-order valence-electron chi connectivity index (χ1n) is 15.6. The Morgan fingerprint density at radius 2 is 1.77 bits per heavy atom. The number of nitrogens with one attached hydrogen (secondary N) is 1. The van der Waals surface area contributed by atoms with Gasteiger partial charge in [-0.1, -0.05) is 42.5 Å². The zero-order chi connectivity index (χ0) is 31.1. The van der Waals surface area contributed by atoms with Gasteiger partial charge in [0, 0.05) is 57.3 Å². The van der Waals surface area contributed by atoms with Gasteiger partial charge in [0.1, 0.15) is 11.5 Å². The summed E-state index contributed by atoms with van der Waals surface area (Å²) in [6.45, 7) is 8.88. The molecule has 1 aliphatic rings. The Hall–Kier alpha value is -3.43. The van der Waals surface area contributed by atoms with Gasteiger partial charge in [-0.05, 0) is 67.3 Å². The van der Waals surface area contributed by atoms with E-state index in [0.29, 0.717) is 45.5 Å². The molecule has 0 bridgehead atoms. The van der Waals surface area contributed by atoms with Gasteiger partial charge in [0.05, 0.1) is 39.6 Å². The third-order valence-electron chi connectivity index (χ3n) is 8.03. The molecule has 0 aromatic heterocycles. The third kappa shape index (κ3) is 9.79. The molecule has 0 spiro atoms. The first kappa shape index (κ1) is 33.5. The van der Waals surface area contributed by atoms with Crippen molar-refractivity contribution in [3.8, 4) is 11.5 Å². The van der Waals surface area contributed by atoms with Crippen LogP contribution >= 0.6 is 0 Å². The van der Waals surface area contributed by atoms with Crippen molar-refractivity contribution in [1.29, 1.82) is 0 Å². The van der Waals surface area contributed by atoms with Crippen LogP contribution in [0.25, 0.3) is 0 Å². The maximum absolute atomic E-state index is 12.4. The van der Waals surface area contributed by atoms with Gasteiger partial charge >= 0.3 is 0 Å². The number of benzene rings is 3. The fraction of sp³-hybridized carbons (Fsp3) is 0.472. The molecule has 1 saturated heterocycles. The molecule has 8 heteroatoms. The average molecular weight is 605 g/mol. The van der Waals surface area contributed by atoms with E-state index in [-0.39, 0.29) is 12.0 Å². The van der Waals surface area contributed by atoms with Crippen LogP contribution in [0.1, 0.15) is 54.4 Å². The molecule has 1 amide bonds. The molecule has 2 atom stereocenters. The summed E-state index contributed by atoms with van der Waals surface area (Å²) in [5.74, 6) is 2.03. The summed E-state index contributed by atoms with van der Waals surface area (Å²) < 4.78 is 28.9. The second kappa shape index (κ2) is 17.8. The molecule has 4 rings (SSSR count). The highest BCUT2D eigenvalue weighted by Gasteiger charge is 2.27. The number of nitrogens with zero attached hydrogens (tertiary/aromatic N) is 1. The van der Waals surface area contributed by atoms with Crippen molar-refractivity contribution in [3.63, 3.8) is 0 Å². The molecule has 44 heavy (non-hydrogen) atoms. The first-order chi connectivity index (χ1) is 21.5. The van der Waals surface area contributed by atoms with E-state index in [4.69, 9.17) is 23.7 Å². The zero-order valence-corrected chi connectivity index (χ0v) is 26.7. The van der Waals surface area contributed by atoms with Crippen molar-refractivity contribution in [3.05, 3.63) is 89.0 Å². The summed E-state index contributed by atoms with van der Waals surface area (Å²) in [6, 6.07) is 22.6. The lowest BCUT2D eigenvalue weighted by Crippen LogP contribution is -2.41. The van der Waals surface area contributed by atoms with Gasteiger partial charge in [0.25, 0.3) is 0 Å².